The van der Waals surface area contributed by atoms with Crippen LogP contribution >= 0.6 is 0 Å². The highest BCUT2D eigenvalue weighted by Gasteiger charge is 2.41. The summed E-state index contributed by atoms with van der Waals surface area (Å²) in [6.45, 7) is 7.01. The van der Waals surface area contributed by atoms with Gasteiger partial charge in [-0.05, 0) is 51.0 Å². The number of hydrogen-bond donors (Lipinski definition) is 1. The Labute approximate surface area is 127 Å². The van der Waals surface area contributed by atoms with Crippen LogP contribution in [0.2, 0.25) is 0 Å². The Bertz CT molecular complexity index is 246. The van der Waals surface area contributed by atoms with Crippen LogP contribution in [0.1, 0.15) is 78.6 Å². The molecular formula is C18H37NO. The van der Waals surface area contributed by atoms with Crippen LogP contribution in [-0.2, 0) is 4.74 Å². The van der Waals surface area contributed by atoms with E-state index in [1.54, 1.807) is 0 Å². The number of rotatable bonds is 9. The van der Waals surface area contributed by atoms with Gasteiger partial charge in [-0.15, -0.1) is 0 Å². The number of likely N-dealkylation sites (N-methyl/N-ethyl adjacent to an activating group) is 1. The molecule has 0 aromatic rings. The van der Waals surface area contributed by atoms with Gasteiger partial charge in [-0.3, -0.25) is 0 Å². The second-order valence-corrected chi connectivity index (χ2v) is 6.94. The lowest BCUT2D eigenvalue weighted by Crippen LogP contribution is -2.53. The summed E-state index contributed by atoms with van der Waals surface area (Å²) in [6, 6.07) is 0.516. The van der Waals surface area contributed by atoms with Gasteiger partial charge in [0.15, 0.2) is 0 Å². The third-order valence-corrected chi connectivity index (χ3v) is 5.62. The number of hydrogen-bond acceptors (Lipinski definition) is 2. The van der Waals surface area contributed by atoms with Crippen molar-refractivity contribution in [1.82, 2.24) is 5.32 Å². The smallest absolute Gasteiger partial charge is 0.0831 e. The van der Waals surface area contributed by atoms with Gasteiger partial charge in [-0.25, -0.2) is 0 Å². The Morgan fingerprint density at radius 2 is 1.90 bits per heavy atom. The second kappa shape index (κ2) is 9.04. The maximum Gasteiger partial charge on any atom is 0.0831 e. The van der Waals surface area contributed by atoms with Crippen molar-refractivity contribution in [2.24, 2.45) is 11.8 Å². The van der Waals surface area contributed by atoms with Crippen molar-refractivity contribution >= 4 is 0 Å². The Kier molecular flexibility index (Phi) is 8.13. The highest BCUT2D eigenvalue weighted by atomic mass is 16.5. The molecule has 0 aromatic heterocycles. The molecule has 0 saturated heterocycles. The van der Waals surface area contributed by atoms with E-state index < -0.39 is 0 Å². The molecule has 2 heteroatoms. The molecule has 1 aliphatic rings. The molecular weight excluding hydrogens is 246 g/mol. The largest absolute Gasteiger partial charge is 0.377 e. The third-order valence-electron chi connectivity index (χ3n) is 5.62. The van der Waals surface area contributed by atoms with Gasteiger partial charge in [0.25, 0.3) is 0 Å². The molecule has 1 saturated carbocycles. The molecule has 1 rings (SSSR count). The van der Waals surface area contributed by atoms with E-state index in [0.717, 1.165) is 11.8 Å². The molecule has 0 bridgehead atoms. The highest BCUT2D eigenvalue weighted by Crippen LogP contribution is 2.39. The van der Waals surface area contributed by atoms with Crippen molar-refractivity contribution in [3.8, 4) is 0 Å². The first-order valence-electron chi connectivity index (χ1n) is 8.84. The highest BCUT2D eigenvalue weighted by molar-refractivity contribution is 4.96. The van der Waals surface area contributed by atoms with E-state index in [4.69, 9.17) is 4.74 Å². The fourth-order valence-corrected chi connectivity index (χ4v) is 3.86. The van der Waals surface area contributed by atoms with Crippen LogP contribution in [0.5, 0.6) is 0 Å². The molecule has 120 valence electrons. The van der Waals surface area contributed by atoms with E-state index in [2.05, 4.69) is 33.1 Å². The minimum Gasteiger partial charge on any atom is -0.377 e. The molecule has 1 N–H and O–H groups in total. The summed E-state index contributed by atoms with van der Waals surface area (Å²) in [4.78, 5) is 0. The Hall–Kier alpha value is -0.0800. The zero-order valence-electron chi connectivity index (χ0n) is 14.5. The average Bonchev–Trinajstić information content (AvgIpc) is 2.49. The normalized spacial score (nSPS) is 30.1. The first-order chi connectivity index (χ1) is 9.61. The Balaban J connectivity index is 2.66. The zero-order valence-corrected chi connectivity index (χ0v) is 14.5. The van der Waals surface area contributed by atoms with Crippen LogP contribution in [-0.4, -0.2) is 25.8 Å². The van der Waals surface area contributed by atoms with Crippen molar-refractivity contribution in [3.63, 3.8) is 0 Å². The lowest BCUT2D eigenvalue weighted by Gasteiger charge is -2.45. The number of nitrogens with one attached hydrogen (secondary N) is 1. The molecule has 0 spiro atoms. The lowest BCUT2D eigenvalue weighted by atomic mass is 9.72. The Morgan fingerprint density at radius 3 is 2.35 bits per heavy atom. The molecule has 2 nitrogen and oxygen atoms in total. The molecule has 0 amide bonds. The SMILES string of the molecule is CCCCC(CC)CC(NC)C1(OC)CCC(C)CC1. The zero-order chi connectivity index (χ0) is 15.0. The van der Waals surface area contributed by atoms with Crippen molar-refractivity contribution in [1.29, 1.82) is 0 Å². The molecule has 0 radical (unpaired) electrons. The molecule has 0 heterocycles. The minimum absolute atomic E-state index is 0.0842. The van der Waals surface area contributed by atoms with Gasteiger partial charge in [-0.1, -0.05) is 46.5 Å². The van der Waals surface area contributed by atoms with Crippen molar-refractivity contribution in [2.75, 3.05) is 14.2 Å². The molecule has 2 atom stereocenters. The van der Waals surface area contributed by atoms with Gasteiger partial charge in [0.05, 0.1) is 5.60 Å². The number of unbranched alkanes of at least 4 members (excludes halogenated alkanes) is 1. The van der Waals surface area contributed by atoms with E-state index in [0.29, 0.717) is 6.04 Å². The molecule has 0 aliphatic heterocycles. The van der Waals surface area contributed by atoms with E-state index in [1.165, 1.54) is 57.8 Å². The Morgan fingerprint density at radius 1 is 1.25 bits per heavy atom. The number of ether oxygens (including phenoxy) is 1. The fraction of sp³-hybridized carbons (Fsp3) is 1.00. The molecule has 1 aliphatic carbocycles. The van der Waals surface area contributed by atoms with E-state index >= 15 is 0 Å². The van der Waals surface area contributed by atoms with Gasteiger partial charge >= 0.3 is 0 Å². The standard InChI is InChI=1S/C18H37NO/c1-6-8-9-16(7-2)14-17(19-4)18(20-5)12-10-15(3)11-13-18/h15-17,19H,6-14H2,1-5H3. The summed E-state index contributed by atoms with van der Waals surface area (Å²) >= 11 is 0. The monoisotopic (exact) mass is 283 g/mol. The molecule has 1 fully saturated rings. The van der Waals surface area contributed by atoms with Crippen molar-refractivity contribution < 1.29 is 4.74 Å². The van der Waals surface area contributed by atoms with E-state index in [9.17, 15) is 0 Å². The van der Waals surface area contributed by atoms with Crippen molar-refractivity contribution in [2.45, 2.75) is 90.2 Å². The number of methoxy groups -OCH3 is 1. The van der Waals surface area contributed by atoms with Crippen LogP contribution in [0, 0.1) is 11.8 Å². The summed E-state index contributed by atoms with van der Waals surface area (Å²) in [5.74, 6) is 1.72. The van der Waals surface area contributed by atoms with E-state index in [1.807, 2.05) is 7.11 Å². The van der Waals surface area contributed by atoms with E-state index in [-0.39, 0.29) is 5.60 Å². The maximum absolute atomic E-state index is 6.07. The van der Waals surface area contributed by atoms with Crippen LogP contribution in [0.3, 0.4) is 0 Å². The lowest BCUT2D eigenvalue weighted by molar-refractivity contribution is -0.0783. The minimum atomic E-state index is 0.0842. The third kappa shape index (κ3) is 4.73. The topological polar surface area (TPSA) is 21.3 Å². The molecule has 20 heavy (non-hydrogen) atoms. The summed E-state index contributed by atoms with van der Waals surface area (Å²) < 4.78 is 6.07. The van der Waals surface area contributed by atoms with Crippen LogP contribution in [0.15, 0.2) is 0 Å². The quantitative estimate of drug-likeness (QED) is 0.658. The second-order valence-electron chi connectivity index (χ2n) is 6.94. The summed E-state index contributed by atoms with van der Waals surface area (Å²) in [5, 5.41) is 3.59. The maximum atomic E-state index is 6.07. The fourth-order valence-electron chi connectivity index (χ4n) is 3.86. The van der Waals surface area contributed by atoms with Gasteiger partial charge in [-0.2, -0.15) is 0 Å². The summed E-state index contributed by atoms with van der Waals surface area (Å²) in [5.41, 5.74) is 0.0842. The van der Waals surface area contributed by atoms with Crippen LogP contribution in [0.25, 0.3) is 0 Å². The molecule has 2 unspecified atom stereocenters. The average molecular weight is 284 g/mol. The predicted octanol–water partition coefficient (Wildman–Crippen LogP) is 4.78. The van der Waals surface area contributed by atoms with Gasteiger partial charge in [0.2, 0.25) is 0 Å². The predicted molar refractivity (Wildman–Crippen MR) is 88.1 cm³/mol. The van der Waals surface area contributed by atoms with Gasteiger partial charge in [0, 0.05) is 13.2 Å². The summed E-state index contributed by atoms with van der Waals surface area (Å²) in [7, 11) is 4.04. The van der Waals surface area contributed by atoms with Gasteiger partial charge in [0.1, 0.15) is 0 Å². The van der Waals surface area contributed by atoms with Crippen LogP contribution < -0.4 is 5.32 Å². The molecule has 0 aromatic carbocycles. The first kappa shape index (κ1) is 18.0. The van der Waals surface area contributed by atoms with Crippen LogP contribution in [0.4, 0.5) is 0 Å². The first-order valence-corrected chi connectivity index (χ1v) is 8.84. The van der Waals surface area contributed by atoms with Crippen molar-refractivity contribution in [3.05, 3.63) is 0 Å². The van der Waals surface area contributed by atoms with Gasteiger partial charge < -0.3 is 10.1 Å². The summed E-state index contributed by atoms with van der Waals surface area (Å²) in [6.07, 6.45) is 11.7.